The van der Waals surface area contributed by atoms with Crippen molar-refractivity contribution in [2.45, 2.75) is 25.9 Å². The molecule has 1 fully saturated rings. The highest BCUT2D eigenvalue weighted by atomic mass is 35.5. The number of anilines is 2. The molecule has 1 aliphatic rings. The van der Waals surface area contributed by atoms with Gasteiger partial charge in [0.15, 0.2) is 5.82 Å². The number of carbonyl (C=O) groups is 1. The van der Waals surface area contributed by atoms with Crippen LogP contribution >= 0.6 is 11.6 Å². The van der Waals surface area contributed by atoms with Gasteiger partial charge in [0, 0.05) is 36.8 Å². The van der Waals surface area contributed by atoms with Crippen LogP contribution in [0.2, 0.25) is 5.02 Å². The summed E-state index contributed by atoms with van der Waals surface area (Å²) in [6, 6.07) is 15.4. The molecule has 2 aromatic heterocycles. The van der Waals surface area contributed by atoms with Gasteiger partial charge in [-0.05, 0) is 43.2 Å². The zero-order valence-electron chi connectivity index (χ0n) is 17.7. The molecule has 0 spiro atoms. The molecule has 1 N–H and O–H groups in total. The molecule has 0 unspecified atom stereocenters. The van der Waals surface area contributed by atoms with Gasteiger partial charge in [-0.3, -0.25) is 9.48 Å². The molecule has 31 heavy (non-hydrogen) atoms. The van der Waals surface area contributed by atoms with E-state index in [1.54, 1.807) is 0 Å². The van der Waals surface area contributed by atoms with E-state index in [1.807, 2.05) is 72.1 Å². The summed E-state index contributed by atoms with van der Waals surface area (Å²) in [5.74, 6) is 1.56. The number of benzene rings is 1. The number of nitrogens with zero attached hydrogens (tertiary/aromatic N) is 4. The highest BCUT2D eigenvalue weighted by Crippen LogP contribution is 2.24. The first-order valence-corrected chi connectivity index (χ1v) is 10.7. The van der Waals surface area contributed by atoms with Gasteiger partial charge < -0.3 is 15.0 Å². The summed E-state index contributed by atoms with van der Waals surface area (Å²) in [5.41, 5.74) is 2.92. The summed E-state index contributed by atoms with van der Waals surface area (Å²) in [6.45, 7) is 3.58. The Labute approximate surface area is 187 Å². The second-order valence-electron chi connectivity index (χ2n) is 7.70. The van der Waals surface area contributed by atoms with Gasteiger partial charge in [-0.15, -0.1) is 0 Å². The number of carbonyl (C=O) groups excluding carboxylic acids is 1. The fraction of sp³-hybridized carbons (Fsp3) is 0.348. The molecule has 0 aliphatic carbocycles. The zero-order chi connectivity index (χ0) is 21.8. The van der Waals surface area contributed by atoms with Crippen molar-refractivity contribution in [3.05, 3.63) is 70.5 Å². The minimum atomic E-state index is -0.254. The molecule has 1 amide bonds. The average Bonchev–Trinajstić information content (AvgIpc) is 3.09. The van der Waals surface area contributed by atoms with Gasteiger partial charge in [0.2, 0.25) is 5.91 Å². The Morgan fingerprint density at radius 2 is 2.06 bits per heavy atom. The molecule has 162 valence electrons. The third-order valence-corrected chi connectivity index (χ3v) is 5.64. The van der Waals surface area contributed by atoms with Gasteiger partial charge in [0.05, 0.1) is 18.8 Å². The second-order valence-corrected chi connectivity index (χ2v) is 8.13. The second kappa shape index (κ2) is 9.49. The molecular formula is C23H26ClN5O2. The molecule has 1 aromatic carbocycles. The Kier molecular flexibility index (Phi) is 6.53. The standard InChI is InChI=1S/C23H26ClN5O2/c1-16-13-22(27-28(16)2)26-21-8-4-7-19(25-21)20-15-29(11-12-31-20)23(30)10-9-17-5-3-6-18(24)14-17/h3-8,13-14,20H,9-12,15H2,1-2H3,(H,25,26,27)/t20-/m1/s1. The fourth-order valence-corrected chi connectivity index (χ4v) is 3.82. The SMILES string of the molecule is Cc1cc(Nc2cccc([C@H]3CN(C(=O)CCc4cccc(Cl)c4)CCO3)n2)nn1C. The number of aryl methyl sites for hydroxylation is 3. The first-order valence-electron chi connectivity index (χ1n) is 10.4. The van der Waals surface area contributed by atoms with E-state index in [-0.39, 0.29) is 12.0 Å². The topological polar surface area (TPSA) is 72.3 Å². The lowest BCUT2D eigenvalue weighted by atomic mass is 10.1. The van der Waals surface area contributed by atoms with E-state index >= 15 is 0 Å². The van der Waals surface area contributed by atoms with E-state index in [0.29, 0.717) is 43.4 Å². The molecule has 3 aromatic rings. The number of hydrogen-bond acceptors (Lipinski definition) is 5. The monoisotopic (exact) mass is 439 g/mol. The van der Waals surface area contributed by atoms with Gasteiger partial charge >= 0.3 is 0 Å². The summed E-state index contributed by atoms with van der Waals surface area (Å²) in [4.78, 5) is 19.3. The van der Waals surface area contributed by atoms with Crippen molar-refractivity contribution in [1.82, 2.24) is 19.7 Å². The van der Waals surface area contributed by atoms with Crippen molar-refractivity contribution in [1.29, 1.82) is 0 Å². The van der Waals surface area contributed by atoms with Crippen LogP contribution in [0.1, 0.15) is 29.5 Å². The molecule has 1 saturated heterocycles. The molecule has 8 heteroatoms. The number of nitrogens with one attached hydrogen (secondary N) is 1. The lowest BCUT2D eigenvalue weighted by molar-refractivity contribution is -0.139. The minimum Gasteiger partial charge on any atom is -0.368 e. The predicted octanol–water partition coefficient (Wildman–Crippen LogP) is 4.05. The first-order chi connectivity index (χ1) is 15.0. The summed E-state index contributed by atoms with van der Waals surface area (Å²) >= 11 is 6.04. The lowest BCUT2D eigenvalue weighted by Gasteiger charge is -2.33. The van der Waals surface area contributed by atoms with Gasteiger partial charge in [0.1, 0.15) is 11.9 Å². The van der Waals surface area contributed by atoms with Crippen LogP contribution in [0, 0.1) is 6.92 Å². The van der Waals surface area contributed by atoms with Crippen molar-refractivity contribution in [3.8, 4) is 0 Å². The fourth-order valence-electron chi connectivity index (χ4n) is 3.61. The van der Waals surface area contributed by atoms with Gasteiger partial charge in [0.25, 0.3) is 0 Å². The van der Waals surface area contributed by atoms with Crippen molar-refractivity contribution < 1.29 is 9.53 Å². The number of pyridine rings is 1. The zero-order valence-corrected chi connectivity index (χ0v) is 18.5. The van der Waals surface area contributed by atoms with E-state index in [9.17, 15) is 4.79 Å². The van der Waals surface area contributed by atoms with Crippen LogP contribution in [-0.2, 0) is 23.0 Å². The van der Waals surface area contributed by atoms with Crippen LogP contribution < -0.4 is 5.32 Å². The highest BCUT2D eigenvalue weighted by molar-refractivity contribution is 6.30. The number of halogens is 1. The lowest BCUT2D eigenvalue weighted by Crippen LogP contribution is -2.42. The quantitative estimate of drug-likeness (QED) is 0.627. The first kappa shape index (κ1) is 21.3. The van der Waals surface area contributed by atoms with E-state index < -0.39 is 0 Å². The number of rotatable bonds is 6. The molecule has 0 bridgehead atoms. The van der Waals surface area contributed by atoms with Crippen LogP contribution in [-0.4, -0.2) is 45.3 Å². The number of ether oxygens (including phenoxy) is 1. The van der Waals surface area contributed by atoms with Crippen molar-refractivity contribution in [2.24, 2.45) is 7.05 Å². The third-order valence-electron chi connectivity index (χ3n) is 5.41. The Morgan fingerprint density at radius 3 is 2.84 bits per heavy atom. The predicted molar refractivity (Wildman–Crippen MR) is 121 cm³/mol. The van der Waals surface area contributed by atoms with Crippen LogP contribution in [0.4, 0.5) is 11.6 Å². The summed E-state index contributed by atoms with van der Waals surface area (Å²) in [5, 5.41) is 8.33. The van der Waals surface area contributed by atoms with Crippen LogP contribution in [0.5, 0.6) is 0 Å². The number of hydrogen-bond donors (Lipinski definition) is 1. The van der Waals surface area contributed by atoms with E-state index in [4.69, 9.17) is 16.3 Å². The maximum Gasteiger partial charge on any atom is 0.223 e. The average molecular weight is 440 g/mol. The molecule has 3 heterocycles. The molecular weight excluding hydrogens is 414 g/mol. The molecule has 1 atom stereocenters. The number of amides is 1. The highest BCUT2D eigenvalue weighted by Gasteiger charge is 2.26. The van der Waals surface area contributed by atoms with Gasteiger partial charge in [-0.2, -0.15) is 5.10 Å². The molecule has 7 nitrogen and oxygen atoms in total. The molecule has 0 radical (unpaired) electrons. The van der Waals surface area contributed by atoms with Crippen LogP contribution in [0.15, 0.2) is 48.5 Å². The third kappa shape index (κ3) is 5.42. The Bertz CT molecular complexity index is 1050. The Balaban J connectivity index is 1.38. The Morgan fingerprint density at radius 1 is 1.23 bits per heavy atom. The summed E-state index contributed by atoms with van der Waals surface area (Å²) in [7, 11) is 1.90. The van der Waals surface area contributed by atoms with Gasteiger partial charge in [-0.1, -0.05) is 29.8 Å². The van der Waals surface area contributed by atoms with E-state index in [0.717, 1.165) is 22.8 Å². The molecule has 0 saturated carbocycles. The van der Waals surface area contributed by atoms with Crippen molar-refractivity contribution >= 4 is 29.1 Å². The minimum absolute atomic E-state index is 0.117. The van der Waals surface area contributed by atoms with Gasteiger partial charge in [-0.25, -0.2) is 4.98 Å². The number of morpholine rings is 1. The molecule has 4 rings (SSSR count). The molecule has 1 aliphatic heterocycles. The van der Waals surface area contributed by atoms with Crippen molar-refractivity contribution in [3.63, 3.8) is 0 Å². The summed E-state index contributed by atoms with van der Waals surface area (Å²) in [6.07, 6.45) is 0.861. The largest absolute Gasteiger partial charge is 0.368 e. The maximum absolute atomic E-state index is 12.8. The van der Waals surface area contributed by atoms with Crippen molar-refractivity contribution in [2.75, 3.05) is 25.0 Å². The van der Waals surface area contributed by atoms with E-state index in [1.165, 1.54) is 0 Å². The number of aromatic nitrogens is 3. The van der Waals surface area contributed by atoms with E-state index in [2.05, 4.69) is 15.4 Å². The van der Waals surface area contributed by atoms with Crippen LogP contribution in [0.25, 0.3) is 0 Å². The van der Waals surface area contributed by atoms with Crippen LogP contribution in [0.3, 0.4) is 0 Å². The summed E-state index contributed by atoms with van der Waals surface area (Å²) < 4.78 is 7.74. The smallest absolute Gasteiger partial charge is 0.223 e. The normalized spacial score (nSPS) is 16.4. The maximum atomic E-state index is 12.8. The Hall–Kier alpha value is -2.90.